The minimum absolute atomic E-state index is 0.0600. The third-order valence-electron chi connectivity index (χ3n) is 10.7. The number of rotatable bonds is 5. The fourth-order valence-electron chi connectivity index (χ4n) is 9.00. The molecule has 0 amide bonds. The van der Waals surface area contributed by atoms with Gasteiger partial charge in [-0.05, 0) is 104 Å². The Hall–Kier alpha value is -1.14. The molecule has 6 heteroatoms. The van der Waals surface area contributed by atoms with Gasteiger partial charge in [-0.15, -0.1) is 0 Å². The zero-order chi connectivity index (χ0) is 22.7. The van der Waals surface area contributed by atoms with Gasteiger partial charge >= 0.3 is 11.9 Å². The van der Waals surface area contributed by atoms with E-state index in [4.69, 9.17) is 0 Å². The lowest BCUT2D eigenvalue weighted by atomic mass is 9.43. The van der Waals surface area contributed by atoms with Crippen molar-refractivity contribution in [2.75, 3.05) is 0 Å². The highest BCUT2D eigenvalue weighted by Gasteiger charge is 2.63. The first-order valence-corrected chi connectivity index (χ1v) is 12.3. The Kier molecular flexibility index (Phi) is 5.96. The van der Waals surface area contributed by atoms with Gasteiger partial charge in [0.1, 0.15) is 0 Å². The van der Waals surface area contributed by atoms with Crippen LogP contribution >= 0.6 is 0 Å². The van der Waals surface area contributed by atoms with E-state index < -0.39 is 24.0 Å². The molecule has 0 bridgehead atoms. The normalized spacial score (nSPS) is 47.9. The molecule has 0 aromatic carbocycles. The van der Waals surface area contributed by atoms with Crippen molar-refractivity contribution in [2.45, 2.75) is 90.8 Å². The standard InChI is InChI=1S/C25H40O6/c1-13(10-17(22(28)29)23(30)31)18-6-7-19-16-5-4-14-11-15(26)8-9-24(14,2)20(16)12-21(27)25(18,19)3/h13-21,26-27H,4-12H2,1-3H3,(H,28,29)(H,30,31)/t13-,14-,15-,16+,18-,19+,20+,21+,24+,25-/m1/s1. The van der Waals surface area contributed by atoms with Crippen LogP contribution in [0, 0.1) is 52.3 Å². The first kappa shape index (κ1) is 23.0. The van der Waals surface area contributed by atoms with Crippen LogP contribution in [0.2, 0.25) is 0 Å². The van der Waals surface area contributed by atoms with Crippen molar-refractivity contribution in [3.05, 3.63) is 0 Å². The Morgan fingerprint density at radius 2 is 1.61 bits per heavy atom. The van der Waals surface area contributed by atoms with E-state index in [0.717, 1.165) is 51.4 Å². The summed E-state index contributed by atoms with van der Waals surface area (Å²) >= 11 is 0. The number of carboxylic acid groups (broad SMARTS) is 2. The third-order valence-corrected chi connectivity index (χ3v) is 10.7. The number of hydrogen-bond acceptors (Lipinski definition) is 4. The number of aliphatic hydroxyl groups is 2. The summed E-state index contributed by atoms with van der Waals surface area (Å²) in [4.78, 5) is 22.9. The molecule has 0 spiro atoms. The van der Waals surface area contributed by atoms with Gasteiger partial charge in [0.15, 0.2) is 5.92 Å². The Morgan fingerprint density at radius 1 is 0.935 bits per heavy atom. The van der Waals surface area contributed by atoms with Crippen molar-refractivity contribution >= 4 is 11.9 Å². The Labute approximate surface area is 185 Å². The second kappa shape index (κ2) is 8.02. The number of aliphatic carboxylic acids is 2. The van der Waals surface area contributed by atoms with Crippen LogP contribution in [0.5, 0.6) is 0 Å². The summed E-state index contributed by atoms with van der Waals surface area (Å²) < 4.78 is 0. The quantitative estimate of drug-likeness (QED) is 0.488. The highest BCUT2D eigenvalue weighted by molar-refractivity contribution is 5.92. The highest BCUT2D eigenvalue weighted by atomic mass is 16.4. The van der Waals surface area contributed by atoms with Crippen LogP contribution in [0.1, 0.15) is 78.6 Å². The van der Waals surface area contributed by atoms with Gasteiger partial charge in [-0.25, -0.2) is 0 Å². The number of carboxylic acids is 2. The maximum atomic E-state index is 11.5. The van der Waals surface area contributed by atoms with E-state index in [1.54, 1.807) is 0 Å². The number of carbonyl (C=O) groups is 2. The Morgan fingerprint density at radius 3 is 2.26 bits per heavy atom. The molecule has 4 saturated carbocycles. The molecule has 4 aliphatic carbocycles. The topological polar surface area (TPSA) is 115 Å². The summed E-state index contributed by atoms with van der Waals surface area (Å²) in [5.74, 6) is -1.84. The van der Waals surface area contributed by atoms with E-state index in [1.807, 2.05) is 6.92 Å². The average molecular weight is 437 g/mol. The molecule has 31 heavy (non-hydrogen) atoms. The predicted molar refractivity (Wildman–Crippen MR) is 115 cm³/mol. The van der Waals surface area contributed by atoms with Gasteiger partial charge in [0.2, 0.25) is 0 Å². The minimum atomic E-state index is -1.38. The summed E-state index contributed by atoms with van der Waals surface area (Å²) in [7, 11) is 0. The van der Waals surface area contributed by atoms with Crippen LogP contribution in [0.15, 0.2) is 0 Å². The van der Waals surface area contributed by atoms with Gasteiger partial charge < -0.3 is 20.4 Å². The van der Waals surface area contributed by atoms with Crippen molar-refractivity contribution < 1.29 is 30.0 Å². The smallest absolute Gasteiger partial charge is 0.317 e. The summed E-state index contributed by atoms with van der Waals surface area (Å²) in [6.07, 6.45) is 7.35. The molecule has 10 atom stereocenters. The Balaban J connectivity index is 1.56. The van der Waals surface area contributed by atoms with Gasteiger partial charge in [0, 0.05) is 0 Å². The van der Waals surface area contributed by atoms with Crippen LogP contribution < -0.4 is 0 Å². The number of fused-ring (bicyclic) bond motifs is 5. The molecule has 0 aliphatic heterocycles. The zero-order valence-corrected chi connectivity index (χ0v) is 19.2. The minimum Gasteiger partial charge on any atom is -0.481 e. The number of aliphatic hydroxyl groups excluding tert-OH is 2. The number of hydrogen-bond donors (Lipinski definition) is 4. The molecule has 0 saturated heterocycles. The van der Waals surface area contributed by atoms with Crippen LogP contribution in [-0.2, 0) is 9.59 Å². The predicted octanol–water partition coefficient (Wildman–Crippen LogP) is 3.79. The molecular formula is C25H40O6. The largest absolute Gasteiger partial charge is 0.481 e. The van der Waals surface area contributed by atoms with Gasteiger partial charge in [0.05, 0.1) is 12.2 Å². The van der Waals surface area contributed by atoms with E-state index in [-0.39, 0.29) is 35.2 Å². The SMILES string of the molecule is C[C@H](CC(C(=O)O)C(=O)O)[C@H]1CC[C@H]2[C@@H]3CC[C@@H]4C[C@H](O)CC[C@]4(C)[C@H]3C[C@H](O)[C@]12C. The van der Waals surface area contributed by atoms with E-state index in [2.05, 4.69) is 13.8 Å². The molecule has 0 unspecified atom stereocenters. The average Bonchev–Trinajstić information content (AvgIpc) is 3.06. The lowest BCUT2D eigenvalue weighted by molar-refractivity contribution is -0.176. The van der Waals surface area contributed by atoms with Gasteiger partial charge in [0.25, 0.3) is 0 Å². The Bertz CT molecular complexity index is 709. The lowest BCUT2D eigenvalue weighted by Gasteiger charge is -2.62. The van der Waals surface area contributed by atoms with E-state index in [0.29, 0.717) is 23.7 Å². The van der Waals surface area contributed by atoms with E-state index >= 15 is 0 Å². The van der Waals surface area contributed by atoms with Crippen molar-refractivity contribution in [2.24, 2.45) is 52.3 Å². The first-order valence-electron chi connectivity index (χ1n) is 12.3. The first-order chi connectivity index (χ1) is 14.5. The van der Waals surface area contributed by atoms with Crippen LogP contribution in [0.4, 0.5) is 0 Å². The zero-order valence-electron chi connectivity index (χ0n) is 19.2. The molecule has 176 valence electrons. The van der Waals surface area contributed by atoms with Gasteiger partial charge in [-0.3, -0.25) is 9.59 Å². The van der Waals surface area contributed by atoms with Gasteiger partial charge in [-0.2, -0.15) is 0 Å². The van der Waals surface area contributed by atoms with Gasteiger partial charge in [-0.1, -0.05) is 20.8 Å². The molecule has 0 aromatic rings. The van der Waals surface area contributed by atoms with Crippen molar-refractivity contribution in [1.29, 1.82) is 0 Å². The molecule has 4 fully saturated rings. The maximum Gasteiger partial charge on any atom is 0.317 e. The van der Waals surface area contributed by atoms with Crippen LogP contribution in [0.3, 0.4) is 0 Å². The van der Waals surface area contributed by atoms with Crippen molar-refractivity contribution in [3.63, 3.8) is 0 Å². The summed E-state index contributed by atoms with van der Waals surface area (Å²) in [5.41, 5.74) is -0.0919. The van der Waals surface area contributed by atoms with E-state index in [9.17, 15) is 30.0 Å². The maximum absolute atomic E-state index is 11.5. The molecule has 0 heterocycles. The molecular weight excluding hydrogens is 396 g/mol. The summed E-state index contributed by atoms with van der Waals surface area (Å²) in [5, 5.41) is 40.4. The third kappa shape index (κ3) is 3.52. The molecule has 0 radical (unpaired) electrons. The second-order valence-corrected chi connectivity index (χ2v) is 11.8. The van der Waals surface area contributed by atoms with Crippen molar-refractivity contribution in [3.8, 4) is 0 Å². The fraction of sp³-hybridized carbons (Fsp3) is 0.920. The summed E-state index contributed by atoms with van der Waals surface area (Å²) in [6.45, 7) is 6.58. The molecule has 6 nitrogen and oxygen atoms in total. The van der Waals surface area contributed by atoms with Crippen molar-refractivity contribution in [1.82, 2.24) is 0 Å². The molecule has 4 aliphatic rings. The molecule has 4 N–H and O–H groups in total. The lowest BCUT2D eigenvalue weighted by Crippen LogP contribution is -2.58. The van der Waals surface area contributed by atoms with Crippen LogP contribution in [0.25, 0.3) is 0 Å². The van der Waals surface area contributed by atoms with E-state index in [1.165, 1.54) is 0 Å². The summed E-state index contributed by atoms with van der Waals surface area (Å²) in [6, 6.07) is 0. The monoisotopic (exact) mass is 436 g/mol. The molecule has 0 aromatic heterocycles. The molecule has 4 rings (SSSR count). The fourth-order valence-corrected chi connectivity index (χ4v) is 9.00. The van der Waals surface area contributed by atoms with Crippen LogP contribution in [-0.4, -0.2) is 44.6 Å². The highest BCUT2D eigenvalue weighted by Crippen LogP contribution is 2.68. The second-order valence-electron chi connectivity index (χ2n) is 11.8.